The molecule has 1 aromatic rings. The van der Waals surface area contributed by atoms with E-state index in [2.05, 4.69) is 29.4 Å². The van der Waals surface area contributed by atoms with Crippen LogP contribution in [0.5, 0.6) is 0 Å². The molecular formula is C18H29Cl2N3O. The van der Waals surface area contributed by atoms with E-state index in [1.54, 1.807) is 18.2 Å². The van der Waals surface area contributed by atoms with Crippen molar-refractivity contribution >= 4 is 34.9 Å². The predicted molar refractivity (Wildman–Crippen MR) is 104 cm³/mol. The molecule has 0 saturated carbocycles. The SMILES string of the molecule is CCCCN(CCCC)CCCNC(=O)Nc1cc(Cl)ccc1Cl. The molecule has 1 rings (SSSR count). The number of carbonyl (C=O) groups is 1. The third kappa shape index (κ3) is 8.76. The standard InChI is InChI=1S/C18H29Cl2N3O/c1-3-5-11-23(12-6-4-2)13-7-10-21-18(24)22-17-14-15(19)8-9-16(17)20/h8-9,14H,3-7,10-13H2,1-2H3,(H2,21,22,24). The zero-order chi connectivity index (χ0) is 17.8. The van der Waals surface area contributed by atoms with E-state index in [4.69, 9.17) is 23.2 Å². The van der Waals surface area contributed by atoms with Gasteiger partial charge in [-0.05, 0) is 57.1 Å². The number of hydrogen-bond acceptors (Lipinski definition) is 2. The van der Waals surface area contributed by atoms with Crippen molar-refractivity contribution in [3.05, 3.63) is 28.2 Å². The molecule has 1 aromatic carbocycles. The average Bonchev–Trinajstić information content (AvgIpc) is 2.56. The largest absolute Gasteiger partial charge is 0.338 e. The molecule has 0 aromatic heterocycles. The molecule has 0 heterocycles. The highest BCUT2D eigenvalue weighted by Crippen LogP contribution is 2.25. The van der Waals surface area contributed by atoms with Gasteiger partial charge >= 0.3 is 6.03 Å². The van der Waals surface area contributed by atoms with E-state index < -0.39 is 0 Å². The highest BCUT2D eigenvalue weighted by atomic mass is 35.5. The lowest BCUT2D eigenvalue weighted by molar-refractivity contribution is 0.246. The molecule has 6 heteroatoms. The van der Waals surface area contributed by atoms with Gasteiger partial charge in [0.1, 0.15) is 0 Å². The Labute approximate surface area is 155 Å². The van der Waals surface area contributed by atoms with E-state index in [1.165, 1.54) is 25.7 Å². The maximum atomic E-state index is 11.9. The van der Waals surface area contributed by atoms with E-state index >= 15 is 0 Å². The second-order valence-electron chi connectivity index (χ2n) is 5.91. The summed E-state index contributed by atoms with van der Waals surface area (Å²) in [5.74, 6) is 0. The van der Waals surface area contributed by atoms with Crippen molar-refractivity contribution in [3.8, 4) is 0 Å². The predicted octanol–water partition coefficient (Wildman–Crippen LogP) is 5.41. The Bertz CT molecular complexity index is 489. The Morgan fingerprint density at radius 2 is 1.67 bits per heavy atom. The van der Waals surface area contributed by atoms with Crippen molar-refractivity contribution in [2.45, 2.75) is 46.0 Å². The van der Waals surface area contributed by atoms with E-state index in [9.17, 15) is 4.79 Å². The smallest absolute Gasteiger partial charge is 0.319 e. The second-order valence-corrected chi connectivity index (χ2v) is 6.75. The number of nitrogens with one attached hydrogen (secondary N) is 2. The van der Waals surface area contributed by atoms with Crippen molar-refractivity contribution in [3.63, 3.8) is 0 Å². The minimum Gasteiger partial charge on any atom is -0.338 e. The number of anilines is 1. The van der Waals surface area contributed by atoms with Crippen molar-refractivity contribution in [2.24, 2.45) is 0 Å². The van der Waals surface area contributed by atoms with Crippen LogP contribution >= 0.6 is 23.2 Å². The average molecular weight is 374 g/mol. The van der Waals surface area contributed by atoms with Crippen LogP contribution < -0.4 is 10.6 Å². The fourth-order valence-corrected chi connectivity index (χ4v) is 2.70. The lowest BCUT2D eigenvalue weighted by Gasteiger charge is -2.22. The van der Waals surface area contributed by atoms with Crippen molar-refractivity contribution in [1.29, 1.82) is 0 Å². The summed E-state index contributed by atoms with van der Waals surface area (Å²) in [6.07, 6.45) is 5.81. The van der Waals surface area contributed by atoms with Gasteiger partial charge in [-0.1, -0.05) is 49.9 Å². The van der Waals surface area contributed by atoms with E-state index in [0.29, 0.717) is 22.3 Å². The highest BCUT2D eigenvalue weighted by molar-refractivity contribution is 6.35. The van der Waals surface area contributed by atoms with Gasteiger partial charge in [0.25, 0.3) is 0 Å². The van der Waals surface area contributed by atoms with Gasteiger partial charge in [-0.25, -0.2) is 4.79 Å². The molecule has 0 radical (unpaired) electrons. The zero-order valence-electron chi connectivity index (χ0n) is 14.7. The Kier molecular flexibility index (Phi) is 10.9. The van der Waals surface area contributed by atoms with Gasteiger partial charge in [0, 0.05) is 11.6 Å². The summed E-state index contributed by atoms with van der Waals surface area (Å²) >= 11 is 11.9. The third-order valence-corrected chi connectivity index (χ3v) is 4.33. The van der Waals surface area contributed by atoms with Crippen LogP contribution in [0.2, 0.25) is 10.0 Å². The maximum absolute atomic E-state index is 11.9. The molecule has 2 amide bonds. The fraction of sp³-hybridized carbons (Fsp3) is 0.611. The molecule has 0 fully saturated rings. The lowest BCUT2D eigenvalue weighted by Crippen LogP contribution is -2.33. The molecule has 4 nitrogen and oxygen atoms in total. The van der Waals surface area contributed by atoms with Gasteiger partial charge in [0.05, 0.1) is 10.7 Å². The Morgan fingerprint density at radius 3 is 2.29 bits per heavy atom. The number of hydrogen-bond donors (Lipinski definition) is 2. The van der Waals surface area contributed by atoms with Crippen LogP contribution in [0.4, 0.5) is 10.5 Å². The minimum atomic E-state index is -0.257. The number of benzene rings is 1. The van der Waals surface area contributed by atoms with Gasteiger partial charge in [-0.15, -0.1) is 0 Å². The zero-order valence-corrected chi connectivity index (χ0v) is 16.2. The number of nitrogens with zero attached hydrogens (tertiary/aromatic N) is 1. The topological polar surface area (TPSA) is 44.4 Å². The lowest BCUT2D eigenvalue weighted by atomic mass is 10.2. The van der Waals surface area contributed by atoms with Crippen LogP contribution in [-0.2, 0) is 0 Å². The van der Waals surface area contributed by atoms with Gasteiger partial charge in [-0.2, -0.15) is 0 Å². The van der Waals surface area contributed by atoms with Crippen LogP contribution in [0, 0.1) is 0 Å². The minimum absolute atomic E-state index is 0.257. The third-order valence-electron chi connectivity index (χ3n) is 3.77. The quantitative estimate of drug-likeness (QED) is 0.509. The molecule has 136 valence electrons. The molecule has 0 spiro atoms. The van der Waals surface area contributed by atoms with Crippen LogP contribution in [0.25, 0.3) is 0 Å². The number of amides is 2. The maximum Gasteiger partial charge on any atom is 0.319 e. The molecule has 0 aliphatic rings. The first kappa shape index (κ1) is 21.1. The molecule has 0 saturated heterocycles. The van der Waals surface area contributed by atoms with Gasteiger partial charge < -0.3 is 15.5 Å². The monoisotopic (exact) mass is 373 g/mol. The first-order valence-corrected chi connectivity index (χ1v) is 9.54. The number of carbonyl (C=O) groups excluding carboxylic acids is 1. The molecular weight excluding hydrogens is 345 g/mol. The Morgan fingerprint density at radius 1 is 1.04 bits per heavy atom. The molecule has 0 bridgehead atoms. The number of rotatable bonds is 11. The Balaban J connectivity index is 2.29. The summed E-state index contributed by atoms with van der Waals surface area (Å²) in [6.45, 7) is 8.36. The van der Waals surface area contributed by atoms with Crippen LogP contribution in [0.15, 0.2) is 18.2 Å². The van der Waals surface area contributed by atoms with Crippen molar-refractivity contribution in [1.82, 2.24) is 10.2 Å². The summed E-state index contributed by atoms with van der Waals surface area (Å²) in [5, 5.41) is 6.61. The van der Waals surface area contributed by atoms with E-state index in [-0.39, 0.29) is 6.03 Å². The number of halogens is 2. The van der Waals surface area contributed by atoms with Crippen LogP contribution in [-0.4, -0.2) is 37.1 Å². The summed E-state index contributed by atoms with van der Waals surface area (Å²) in [6, 6.07) is 4.74. The summed E-state index contributed by atoms with van der Waals surface area (Å²) in [4.78, 5) is 14.4. The normalized spacial score (nSPS) is 10.9. The number of unbranched alkanes of at least 4 members (excludes halogenated alkanes) is 2. The Hall–Kier alpha value is -0.970. The summed E-state index contributed by atoms with van der Waals surface area (Å²) < 4.78 is 0. The van der Waals surface area contributed by atoms with Crippen LogP contribution in [0.3, 0.4) is 0 Å². The van der Waals surface area contributed by atoms with E-state index in [0.717, 1.165) is 26.1 Å². The fourth-order valence-electron chi connectivity index (χ4n) is 2.36. The highest BCUT2D eigenvalue weighted by Gasteiger charge is 2.07. The van der Waals surface area contributed by atoms with Crippen LogP contribution in [0.1, 0.15) is 46.0 Å². The molecule has 2 N–H and O–H groups in total. The molecule has 0 aliphatic carbocycles. The van der Waals surface area contributed by atoms with Gasteiger partial charge in [-0.3, -0.25) is 0 Å². The molecule has 0 atom stereocenters. The summed E-state index contributed by atoms with van der Waals surface area (Å²) in [5.41, 5.74) is 0.522. The first-order chi connectivity index (χ1) is 11.6. The van der Waals surface area contributed by atoms with Crippen molar-refractivity contribution in [2.75, 3.05) is 31.5 Å². The second kappa shape index (κ2) is 12.4. The molecule has 24 heavy (non-hydrogen) atoms. The summed E-state index contributed by atoms with van der Waals surface area (Å²) in [7, 11) is 0. The molecule has 0 aliphatic heterocycles. The molecule has 0 unspecified atom stereocenters. The van der Waals surface area contributed by atoms with Gasteiger partial charge in [0.15, 0.2) is 0 Å². The number of urea groups is 1. The van der Waals surface area contributed by atoms with Crippen molar-refractivity contribution < 1.29 is 4.79 Å². The van der Waals surface area contributed by atoms with E-state index in [1.807, 2.05) is 0 Å². The first-order valence-electron chi connectivity index (χ1n) is 8.79. The van der Waals surface area contributed by atoms with Gasteiger partial charge in [0.2, 0.25) is 0 Å².